The lowest BCUT2D eigenvalue weighted by Gasteiger charge is -2.56. The molecule has 0 aliphatic heterocycles. The third-order valence-electron chi connectivity index (χ3n) is 12.4. The highest BCUT2D eigenvalue weighted by atomic mass is 28.4. The largest absolute Gasteiger partial charge is 0.515 e. The topological polar surface area (TPSA) is 93.1 Å². The molecule has 6 atom stereocenters. The van der Waals surface area contributed by atoms with Crippen molar-refractivity contribution in [3.63, 3.8) is 0 Å². The zero-order valence-corrected chi connectivity index (χ0v) is 29.9. The van der Waals surface area contributed by atoms with E-state index in [9.17, 15) is 19.8 Å². The van der Waals surface area contributed by atoms with Crippen molar-refractivity contribution < 1.29 is 28.7 Å². The number of allylic oxidation sites excluding steroid dienone is 2. The maximum Gasteiger partial charge on any atom is 0.191 e. The molecule has 0 bridgehead atoms. The van der Waals surface area contributed by atoms with E-state index in [1.54, 1.807) is 0 Å². The van der Waals surface area contributed by atoms with Gasteiger partial charge in [0.2, 0.25) is 0 Å². The van der Waals surface area contributed by atoms with E-state index < -0.39 is 22.0 Å². The molecular weight excluding hydrogens is 549 g/mol. The molecule has 41 heavy (non-hydrogen) atoms. The highest BCUT2D eigenvalue weighted by molar-refractivity contribution is 6.74. The summed E-state index contributed by atoms with van der Waals surface area (Å²) in [4.78, 5) is 26.7. The summed E-state index contributed by atoms with van der Waals surface area (Å²) in [6, 6.07) is 0. The molecule has 0 aromatic rings. The Bertz CT molecular complexity index is 1080. The van der Waals surface area contributed by atoms with Gasteiger partial charge in [0.05, 0.1) is 12.5 Å². The Hall–Kier alpha value is -1.23. The molecule has 3 saturated carbocycles. The first kappa shape index (κ1) is 34.3. The quantitative estimate of drug-likeness (QED) is 0.171. The maximum absolute atomic E-state index is 13.5. The van der Waals surface area contributed by atoms with Gasteiger partial charge in [0.25, 0.3) is 0 Å². The van der Waals surface area contributed by atoms with Crippen LogP contribution in [0, 0.1) is 34.5 Å². The lowest BCUT2D eigenvalue weighted by atomic mass is 9.49. The van der Waals surface area contributed by atoms with Crippen LogP contribution < -0.4 is 0 Å². The first-order valence-corrected chi connectivity index (χ1v) is 21.4. The second-order valence-corrected chi connectivity index (χ2v) is 26.4. The smallest absolute Gasteiger partial charge is 0.191 e. The minimum atomic E-state index is -2.09. The predicted molar refractivity (Wildman–Crippen MR) is 171 cm³/mol. The first-order chi connectivity index (χ1) is 18.6. The Labute approximate surface area is 251 Å². The van der Waals surface area contributed by atoms with Crippen LogP contribution in [0.3, 0.4) is 0 Å². The molecule has 2 N–H and O–H groups in total. The number of aliphatic hydroxyl groups is 2. The number of carbonyl (C=O) groups is 2. The number of hydrogen-bond donors (Lipinski definition) is 2. The van der Waals surface area contributed by atoms with Crippen molar-refractivity contribution in [3.05, 3.63) is 23.7 Å². The van der Waals surface area contributed by atoms with Crippen molar-refractivity contribution in [2.75, 3.05) is 13.2 Å². The molecule has 3 fully saturated rings. The Morgan fingerprint density at radius 3 is 1.83 bits per heavy atom. The van der Waals surface area contributed by atoms with Gasteiger partial charge in [-0.1, -0.05) is 55.4 Å². The zero-order chi connectivity index (χ0) is 31.4. The van der Waals surface area contributed by atoms with Crippen LogP contribution >= 0.6 is 0 Å². The van der Waals surface area contributed by atoms with Gasteiger partial charge in [0.1, 0.15) is 0 Å². The molecule has 234 valence electrons. The summed E-state index contributed by atoms with van der Waals surface area (Å²) >= 11 is 0. The molecule has 0 heterocycles. The molecule has 8 heteroatoms. The predicted octanol–water partition coefficient (Wildman–Crippen LogP) is 8.52. The van der Waals surface area contributed by atoms with Gasteiger partial charge in [0, 0.05) is 36.2 Å². The summed E-state index contributed by atoms with van der Waals surface area (Å²) in [6.07, 6.45) is 5.02. The molecule has 0 unspecified atom stereocenters. The number of ketones is 2. The Morgan fingerprint density at radius 1 is 0.829 bits per heavy atom. The number of Topliss-reactive ketones (excluding diaryl/α,β-unsaturated/α-hetero) is 2. The van der Waals surface area contributed by atoms with Crippen molar-refractivity contribution in [3.8, 4) is 0 Å². The number of aliphatic hydroxyl groups excluding tert-OH is 2. The Kier molecular flexibility index (Phi) is 9.50. The standard InChI is InChI=1S/C33H58O6Si2/c1-30(2,3)40(9,10)38-20-24-16-28(36)23(19-35)17-33(24,8)26-13-14-32(7)27(15-22(18-34)29(32)37)25(26)21-39-41(11,12)31(4,5)6/h18-19,24-27,34-35H,13-17,20-21H2,1-12H3/t24-,25-,26+,27+,32+,33+/m1/s1. The SMILES string of the molecule is CC(C)(C)[Si](C)(C)OC[C@@H]1[C@@H]([C@@]2(C)CC(=CO)C(=O)C[C@@H]2CO[Si](C)(C)C(C)(C)C)CC[C@]2(C)C(=O)C(=CO)C[C@@H]12. The number of carbonyl (C=O) groups excluding carboxylic acids is 2. The van der Waals surface area contributed by atoms with Crippen LogP contribution in [0.25, 0.3) is 0 Å². The van der Waals surface area contributed by atoms with E-state index in [-0.39, 0.29) is 50.7 Å². The third kappa shape index (κ3) is 6.23. The van der Waals surface area contributed by atoms with Gasteiger partial charge in [-0.05, 0) is 91.0 Å². The molecule has 3 rings (SSSR count). The van der Waals surface area contributed by atoms with E-state index in [0.717, 1.165) is 25.4 Å². The van der Waals surface area contributed by atoms with Crippen LogP contribution in [0.5, 0.6) is 0 Å². The van der Waals surface area contributed by atoms with E-state index in [1.165, 1.54) is 0 Å². The summed E-state index contributed by atoms with van der Waals surface area (Å²) < 4.78 is 13.7. The normalized spacial score (nSPS) is 35.8. The fourth-order valence-corrected chi connectivity index (χ4v) is 9.31. The molecule has 6 nitrogen and oxygen atoms in total. The van der Waals surface area contributed by atoms with Crippen molar-refractivity contribution >= 4 is 28.2 Å². The first-order valence-electron chi connectivity index (χ1n) is 15.6. The van der Waals surface area contributed by atoms with E-state index in [0.29, 0.717) is 43.6 Å². The summed E-state index contributed by atoms with van der Waals surface area (Å²) in [7, 11) is -4.14. The molecule has 3 aliphatic rings. The van der Waals surface area contributed by atoms with Gasteiger partial charge in [0.15, 0.2) is 28.2 Å². The van der Waals surface area contributed by atoms with Gasteiger partial charge in [-0.25, -0.2) is 0 Å². The van der Waals surface area contributed by atoms with Crippen molar-refractivity contribution in [1.29, 1.82) is 0 Å². The second-order valence-electron chi connectivity index (χ2n) is 16.8. The van der Waals surface area contributed by atoms with Crippen molar-refractivity contribution in [1.82, 2.24) is 0 Å². The lowest BCUT2D eigenvalue weighted by molar-refractivity contribution is -0.136. The average molecular weight is 607 g/mol. The summed E-state index contributed by atoms with van der Waals surface area (Å²) in [5, 5.41) is 20.2. The summed E-state index contributed by atoms with van der Waals surface area (Å²) in [6.45, 7) is 27.9. The Balaban J connectivity index is 2.07. The van der Waals surface area contributed by atoms with E-state index in [2.05, 4.69) is 81.6 Å². The molecule has 0 aromatic heterocycles. The third-order valence-corrected chi connectivity index (χ3v) is 21.4. The van der Waals surface area contributed by atoms with Crippen LogP contribution in [0.2, 0.25) is 36.3 Å². The van der Waals surface area contributed by atoms with Gasteiger partial charge < -0.3 is 19.1 Å². The van der Waals surface area contributed by atoms with Gasteiger partial charge in [-0.2, -0.15) is 0 Å². The van der Waals surface area contributed by atoms with Crippen LogP contribution in [0.4, 0.5) is 0 Å². The van der Waals surface area contributed by atoms with Gasteiger partial charge >= 0.3 is 0 Å². The number of fused-ring (bicyclic) bond motifs is 1. The van der Waals surface area contributed by atoms with E-state index in [4.69, 9.17) is 8.85 Å². The highest BCUT2D eigenvalue weighted by Gasteiger charge is 2.61. The number of hydrogen-bond acceptors (Lipinski definition) is 6. The minimum Gasteiger partial charge on any atom is -0.515 e. The molecule has 0 saturated heterocycles. The maximum atomic E-state index is 13.5. The lowest BCUT2D eigenvalue weighted by Crippen LogP contribution is -2.55. The monoisotopic (exact) mass is 606 g/mol. The van der Waals surface area contributed by atoms with Crippen LogP contribution in [0.15, 0.2) is 23.7 Å². The van der Waals surface area contributed by atoms with Crippen molar-refractivity contribution in [2.24, 2.45) is 34.5 Å². The Morgan fingerprint density at radius 2 is 1.34 bits per heavy atom. The number of rotatable bonds is 7. The van der Waals surface area contributed by atoms with Crippen molar-refractivity contribution in [2.45, 2.75) is 124 Å². The molecule has 0 aromatic carbocycles. The fourth-order valence-electron chi connectivity index (χ4n) is 7.21. The minimum absolute atomic E-state index is 0.00233. The summed E-state index contributed by atoms with van der Waals surface area (Å²) in [5.41, 5.74) is 0.165. The second kappa shape index (κ2) is 11.4. The zero-order valence-electron chi connectivity index (χ0n) is 27.9. The average Bonchev–Trinajstić information content (AvgIpc) is 3.11. The van der Waals surface area contributed by atoms with Crippen LogP contribution in [0.1, 0.15) is 87.5 Å². The molecule has 0 spiro atoms. The van der Waals surface area contributed by atoms with Gasteiger partial charge in [-0.15, -0.1) is 0 Å². The highest BCUT2D eigenvalue weighted by Crippen LogP contribution is 2.62. The van der Waals surface area contributed by atoms with Crippen LogP contribution in [-0.2, 0) is 18.4 Å². The molecular formula is C33H58O6Si2. The van der Waals surface area contributed by atoms with E-state index >= 15 is 0 Å². The molecule has 0 radical (unpaired) electrons. The van der Waals surface area contributed by atoms with E-state index in [1.807, 2.05) is 0 Å². The summed E-state index contributed by atoms with van der Waals surface area (Å²) in [5.74, 6) is 0.381. The fraction of sp³-hybridized carbons (Fsp3) is 0.818. The molecule has 0 amide bonds. The van der Waals surface area contributed by atoms with Gasteiger partial charge in [-0.3, -0.25) is 9.59 Å². The van der Waals surface area contributed by atoms with Crippen LogP contribution in [-0.4, -0.2) is 51.6 Å². The molecule has 3 aliphatic carbocycles.